The molecule has 4 unspecified atom stereocenters. The van der Waals surface area contributed by atoms with Gasteiger partial charge in [-0.3, -0.25) is 19.2 Å². The summed E-state index contributed by atoms with van der Waals surface area (Å²) >= 11 is 0. The van der Waals surface area contributed by atoms with Gasteiger partial charge in [-0.2, -0.15) is 0 Å². The van der Waals surface area contributed by atoms with Crippen LogP contribution < -0.4 is 26.4 Å². The maximum Gasteiger partial charge on any atom is 0.333 e. The second kappa shape index (κ2) is 18.7. The smallest absolute Gasteiger partial charge is 0.333 e. The first-order valence-corrected chi connectivity index (χ1v) is 15.9. The lowest BCUT2D eigenvalue weighted by Gasteiger charge is -2.31. The van der Waals surface area contributed by atoms with Gasteiger partial charge in [0, 0.05) is 32.4 Å². The number of hydrogen-bond donors (Lipinski definition) is 6. The third-order valence-electron chi connectivity index (χ3n) is 7.20. The van der Waals surface area contributed by atoms with Crippen LogP contribution in [0.15, 0.2) is 18.2 Å². The minimum atomic E-state index is -1.27. The fourth-order valence-corrected chi connectivity index (χ4v) is 4.43. The Hall–Kier alpha value is -3.73. The second-order valence-corrected chi connectivity index (χ2v) is 13.3. The first kappa shape index (κ1) is 40.4. The van der Waals surface area contributed by atoms with E-state index in [0.29, 0.717) is 31.4 Å². The van der Waals surface area contributed by atoms with E-state index in [4.69, 9.17) is 32.5 Å². The molecule has 0 aromatic heterocycles. The van der Waals surface area contributed by atoms with Crippen LogP contribution in [-0.4, -0.2) is 97.5 Å². The topological polar surface area (TPSA) is 225 Å². The summed E-state index contributed by atoms with van der Waals surface area (Å²) in [6.45, 7) is 9.93. The van der Waals surface area contributed by atoms with Crippen LogP contribution in [-0.2, 0) is 40.0 Å². The van der Waals surface area contributed by atoms with Crippen molar-refractivity contribution in [3.05, 3.63) is 23.8 Å². The lowest BCUT2D eigenvalue weighted by molar-refractivity contribution is -0.195. The molecule has 266 valence electrons. The lowest BCUT2D eigenvalue weighted by Crippen LogP contribution is -2.42. The molecule has 1 heterocycles. The van der Waals surface area contributed by atoms with E-state index in [2.05, 4.69) is 16.0 Å². The number of carboxylic acids is 1. The molecular weight excluding hydrogens is 627 g/mol. The van der Waals surface area contributed by atoms with Crippen LogP contribution >= 0.6 is 0 Å². The number of ether oxygens (including phenoxy) is 4. The maximum atomic E-state index is 12.8. The summed E-state index contributed by atoms with van der Waals surface area (Å²) in [4.78, 5) is 60.2. The summed E-state index contributed by atoms with van der Waals surface area (Å²) in [6.07, 6.45) is -1.98. The predicted molar refractivity (Wildman–Crippen MR) is 175 cm³/mol. The quantitative estimate of drug-likeness (QED) is 0.0966. The Morgan fingerprint density at radius 3 is 2.42 bits per heavy atom. The number of aliphatic carboxylic acids is 1. The molecule has 1 aliphatic heterocycles. The molecule has 2 radical (unpaired) electrons. The van der Waals surface area contributed by atoms with E-state index in [1.165, 1.54) is 12.1 Å². The van der Waals surface area contributed by atoms with Crippen molar-refractivity contribution in [3.8, 4) is 5.75 Å². The second-order valence-electron chi connectivity index (χ2n) is 13.3. The van der Waals surface area contributed by atoms with Crippen LogP contribution in [0.1, 0.15) is 78.7 Å². The number of benzene rings is 1. The van der Waals surface area contributed by atoms with Crippen molar-refractivity contribution in [2.24, 2.45) is 11.1 Å². The van der Waals surface area contributed by atoms with Gasteiger partial charge in [0.15, 0.2) is 6.10 Å². The van der Waals surface area contributed by atoms with Crippen LogP contribution in [0, 0.1) is 5.41 Å². The Labute approximate surface area is 282 Å². The van der Waals surface area contributed by atoms with Gasteiger partial charge in [-0.05, 0) is 71.6 Å². The van der Waals surface area contributed by atoms with Crippen molar-refractivity contribution >= 4 is 43.1 Å². The van der Waals surface area contributed by atoms with Gasteiger partial charge in [-0.15, -0.1) is 0 Å². The van der Waals surface area contributed by atoms with Gasteiger partial charge in [0.1, 0.15) is 12.4 Å². The number of anilines is 1. The van der Waals surface area contributed by atoms with Gasteiger partial charge >= 0.3 is 5.97 Å². The van der Waals surface area contributed by atoms with Gasteiger partial charge in [0.25, 0.3) is 0 Å². The predicted octanol–water partition coefficient (Wildman–Crippen LogP) is 1.72. The molecule has 15 nitrogen and oxygen atoms in total. The van der Waals surface area contributed by atoms with E-state index < -0.39 is 53.6 Å². The van der Waals surface area contributed by atoms with Crippen LogP contribution in [0.4, 0.5) is 10.5 Å². The number of aliphatic hydroxyl groups is 1. The summed E-state index contributed by atoms with van der Waals surface area (Å²) in [5.74, 6) is -3.18. The molecule has 0 spiro atoms. The zero-order valence-electron chi connectivity index (χ0n) is 28.3. The number of carbonyl (C=O) groups excluding carboxylic acids is 4. The number of amides is 3. The van der Waals surface area contributed by atoms with Crippen LogP contribution in [0.2, 0.25) is 0 Å². The van der Waals surface area contributed by atoms with Gasteiger partial charge < -0.3 is 50.8 Å². The number of unbranched alkanes of at least 4 members (excludes halogenated alkanes) is 1. The summed E-state index contributed by atoms with van der Waals surface area (Å²) in [6, 6.07) is 3.68. The fraction of sp³-hybridized carbons (Fsp3) is 0.656. The zero-order chi connectivity index (χ0) is 36.1. The molecule has 1 aromatic rings. The summed E-state index contributed by atoms with van der Waals surface area (Å²) in [7, 11) is 5.04. The lowest BCUT2D eigenvalue weighted by atomic mass is 9.93. The van der Waals surface area contributed by atoms with E-state index in [1.807, 2.05) is 34.6 Å². The molecule has 0 bridgehead atoms. The molecule has 0 saturated carbocycles. The number of rotatable bonds is 18. The molecule has 48 heavy (non-hydrogen) atoms. The van der Waals surface area contributed by atoms with Crippen molar-refractivity contribution in [2.75, 3.05) is 25.0 Å². The third-order valence-corrected chi connectivity index (χ3v) is 7.20. The van der Waals surface area contributed by atoms with Crippen LogP contribution in [0.25, 0.3) is 0 Å². The molecule has 1 aromatic carbocycles. The van der Waals surface area contributed by atoms with E-state index in [1.54, 1.807) is 6.07 Å². The largest absolute Gasteiger partial charge is 0.479 e. The van der Waals surface area contributed by atoms with E-state index in [-0.39, 0.29) is 62.0 Å². The minimum Gasteiger partial charge on any atom is -0.479 e. The molecular formula is C32H49BN4O11. The van der Waals surface area contributed by atoms with Gasteiger partial charge in [-0.1, -0.05) is 6.07 Å². The molecule has 7 N–H and O–H groups in total. The molecule has 2 rings (SSSR count). The van der Waals surface area contributed by atoms with Gasteiger partial charge in [0.05, 0.1) is 35.5 Å². The molecule has 4 atom stereocenters. The van der Waals surface area contributed by atoms with Crippen molar-refractivity contribution < 1.29 is 53.1 Å². The zero-order valence-corrected chi connectivity index (χ0v) is 28.3. The highest BCUT2D eigenvalue weighted by atomic mass is 16.7. The number of carbonyl (C=O) groups is 5. The van der Waals surface area contributed by atoms with Gasteiger partial charge in [-0.25, -0.2) is 4.79 Å². The number of nitrogens with one attached hydrogen (secondary N) is 3. The highest BCUT2D eigenvalue weighted by molar-refractivity contribution is 6.55. The number of hydrogen-bond acceptors (Lipinski definition) is 11. The maximum absolute atomic E-state index is 12.8. The summed E-state index contributed by atoms with van der Waals surface area (Å²) in [5, 5.41) is 27.6. The van der Waals surface area contributed by atoms with Crippen LogP contribution in [0.5, 0.6) is 5.75 Å². The monoisotopic (exact) mass is 676 g/mol. The van der Waals surface area contributed by atoms with Crippen molar-refractivity contribution in [1.82, 2.24) is 10.6 Å². The Balaban J connectivity index is 1.83. The van der Waals surface area contributed by atoms with Crippen molar-refractivity contribution in [2.45, 2.75) is 110 Å². The van der Waals surface area contributed by atoms with Crippen molar-refractivity contribution in [1.29, 1.82) is 0 Å². The minimum absolute atomic E-state index is 0.00407. The number of nitrogens with two attached hydrogens (primary N) is 1. The van der Waals surface area contributed by atoms with Crippen LogP contribution in [0.3, 0.4) is 0 Å². The van der Waals surface area contributed by atoms with Crippen molar-refractivity contribution in [3.63, 3.8) is 0 Å². The first-order chi connectivity index (χ1) is 22.4. The van der Waals surface area contributed by atoms with Gasteiger partial charge in [0.2, 0.25) is 37.7 Å². The average molecular weight is 677 g/mol. The molecule has 1 aliphatic rings. The molecule has 16 heteroatoms. The Morgan fingerprint density at radius 2 is 1.77 bits per heavy atom. The fourth-order valence-electron chi connectivity index (χ4n) is 4.43. The SMILES string of the molecule is [B]C(=O)OCc1ccc(OC2CC(O)CC(C(=O)O)O2)c(NC(=O)CCNC(=O)C(N)CCCCNC(=O)C(C)(C)COC(C)(C)C)c1. The summed E-state index contributed by atoms with van der Waals surface area (Å²) < 4.78 is 21.8. The molecule has 3 amide bonds. The Morgan fingerprint density at radius 1 is 1.06 bits per heavy atom. The Kier molecular flexibility index (Phi) is 15.8. The number of carboxylic acid groups (broad SMARTS) is 1. The Bertz CT molecular complexity index is 1270. The molecule has 1 fully saturated rings. The molecule has 0 aliphatic carbocycles. The highest BCUT2D eigenvalue weighted by Gasteiger charge is 2.34. The molecule has 1 saturated heterocycles. The first-order valence-electron chi connectivity index (χ1n) is 15.9. The van der Waals surface area contributed by atoms with E-state index >= 15 is 0 Å². The summed E-state index contributed by atoms with van der Waals surface area (Å²) in [5.41, 5.74) is 5.60. The average Bonchev–Trinajstić information content (AvgIpc) is 2.99. The number of aliphatic hydroxyl groups excluding tert-OH is 1. The van der Waals surface area contributed by atoms with E-state index in [9.17, 15) is 34.2 Å². The normalized spacial score (nSPS) is 18.7. The standard InChI is InChI=1S/C32H49BN4O11/c1-31(2,3)46-18-32(4,5)29(43)36-12-7-6-8-21(34)27(40)35-13-11-25(39)37-22-14-19(17-45-30(33)44)9-10-23(22)47-26-16-20(38)15-24(48-26)28(41)42/h9-10,14,20-21,24,26,38H,6-8,11-13,15-18,34H2,1-5H3,(H,35,40)(H,36,43)(H,37,39)(H,41,42). The third kappa shape index (κ3) is 15.0. The van der Waals surface area contributed by atoms with E-state index in [0.717, 1.165) is 0 Å². The highest BCUT2D eigenvalue weighted by Crippen LogP contribution is 2.31.